The van der Waals surface area contributed by atoms with Crippen LogP contribution in [0.2, 0.25) is 0 Å². The smallest absolute Gasteiger partial charge is 0.253 e. The van der Waals surface area contributed by atoms with Crippen LogP contribution in [0.4, 0.5) is 0 Å². The maximum atomic E-state index is 12.6. The molecule has 31 heavy (non-hydrogen) atoms. The molecule has 1 aromatic carbocycles. The first-order valence-electron chi connectivity index (χ1n) is 11.2. The highest BCUT2D eigenvalue weighted by atomic mass is 16.2. The van der Waals surface area contributed by atoms with Crippen LogP contribution in [-0.4, -0.2) is 46.6 Å². The van der Waals surface area contributed by atoms with E-state index in [0.717, 1.165) is 31.2 Å². The third-order valence-electron chi connectivity index (χ3n) is 6.34. The van der Waals surface area contributed by atoms with Crippen molar-refractivity contribution in [1.29, 1.82) is 0 Å². The molecule has 6 nitrogen and oxygen atoms in total. The molecule has 1 aromatic heterocycles. The van der Waals surface area contributed by atoms with Gasteiger partial charge in [0.05, 0.1) is 5.56 Å². The van der Waals surface area contributed by atoms with Gasteiger partial charge in [-0.2, -0.15) is 0 Å². The Hall–Kier alpha value is -3.02. The number of aryl methyl sites for hydroxylation is 2. The number of amides is 2. The Balaban J connectivity index is 1.22. The van der Waals surface area contributed by atoms with Crippen LogP contribution in [0.3, 0.4) is 0 Å². The molecule has 2 heterocycles. The third-order valence-corrected chi connectivity index (χ3v) is 6.34. The number of ketones is 1. The Labute approximate surface area is 183 Å². The highest BCUT2D eigenvalue weighted by molar-refractivity contribution is 5.98. The Morgan fingerprint density at radius 2 is 1.74 bits per heavy atom. The van der Waals surface area contributed by atoms with E-state index >= 15 is 0 Å². The fraction of sp³-hybridized carbons (Fsp3) is 0.440. The lowest BCUT2D eigenvalue weighted by atomic mass is 9.89. The predicted octanol–water partition coefficient (Wildman–Crippen LogP) is 3.34. The second-order valence-electron chi connectivity index (χ2n) is 8.48. The average Bonchev–Trinajstić information content (AvgIpc) is 2.83. The maximum Gasteiger partial charge on any atom is 0.253 e. The van der Waals surface area contributed by atoms with Gasteiger partial charge in [0.25, 0.3) is 5.91 Å². The van der Waals surface area contributed by atoms with Gasteiger partial charge in [0.1, 0.15) is 0 Å². The summed E-state index contributed by atoms with van der Waals surface area (Å²) in [6.45, 7) is 1.20. The molecule has 4 rings (SSSR count). The first-order valence-corrected chi connectivity index (χ1v) is 11.2. The van der Waals surface area contributed by atoms with Gasteiger partial charge in [-0.1, -0.05) is 12.1 Å². The van der Waals surface area contributed by atoms with Crippen molar-refractivity contribution in [3.63, 3.8) is 0 Å². The Morgan fingerprint density at radius 1 is 0.968 bits per heavy atom. The number of carbonyl (C=O) groups is 3. The number of Topliss-reactive ketones (excluding diaryl/α,β-unsaturated/α-hetero) is 1. The number of carbonyl (C=O) groups excluding carboxylic acids is 3. The van der Waals surface area contributed by atoms with Crippen LogP contribution in [0.15, 0.2) is 42.7 Å². The number of pyridine rings is 1. The van der Waals surface area contributed by atoms with Gasteiger partial charge in [-0.3, -0.25) is 19.4 Å². The molecule has 0 bridgehead atoms. The lowest BCUT2D eigenvalue weighted by Crippen LogP contribution is -2.46. The fourth-order valence-corrected chi connectivity index (χ4v) is 4.47. The molecule has 1 aliphatic heterocycles. The number of likely N-dealkylation sites (tertiary alicyclic amines) is 1. The van der Waals surface area contributed by atoms with Crippen LogP contribution in [0.25, 0.3) is 0 Å². The van der Waals surface area contributed by atoms with Crippen molar-refractivity contribution in [3.05, 3.63) is 65.0 Å². The van der Waals surface area contributed by atoms with Gasteiger partial charge in [-0.05, 0) is 67.9 Å². The van der Waals surface area contributed by atoms with Gasteiger partial charge in [-0.25, -0.2) is 0 Å². The van der Waals surface area contributed by atoms with E-state index in [-0.39, 0.29) is 36.5 Å². The van der Waals surface area contributed by atoms with Crippen LogP contribution in [-0.2, 0) is 17.6 Å². The number of nitrogens with one attached hydrogen (secondary N) is 1. The molecule has 0 radical (unpaired) electrons. The minimum atomic E-state index is -0.131. The SMILES string of the molecule is O=C(CCC(=O)N1CCC(NC(=O)c2cccnc2)CC1)c1ccc2c(c1)CCCC2. The highest BCUT2D eigenvalue weighted by Crippen LogP contribution is 2.23. The summed E-state index contributed by atoms with van der Waals surface area (Å²) in [6.07, 6.45) is 9.65. The van der Waals surface area contributed by atoms with Crippen molar-refractivity contribution in [2.45, 2.75) is 57.4 Å². The molecule has 0 saturated carbocycles. The van der Waals surface area contributed by atoms with Crippen molar-refractivity contribution in [3.8, 4) is 0 Å². The van der Waals surface area contributed by atoms with E-state index in [2.05, 4.69) is 16.4 Å². The quantitative estimate of drug-likeness (QED) is 0.729. The molecule has 1 saturated heterocycles. The van der Waals surface area contributed by atoms with E-state index < -0.39 is 0 Å². The second-order valence-corrected chi connectivity index (χ2v) is 8.48. The Bertz CT molecular complexity index is 950. The van der Waals surface area contributed by atoms with Crippen LogP contribution in [0.1, 0.15) is 70.4 Å². The molecule has 0 atom stereocenters. The van der Waals surface area contributed by atoms with E-state index in [1.54, 1.807) is 24.5 Å². The summed E-state index contributed by atoms with van der Waals surface area (Å²) >= 11 is 0. The number of hydrogen-bond acceptors (Lipinski definition) is 4. The number of fused-ring (bicyclic) bond motifs is 1. The molecule has 162 valence electrons. The summed E-state index contributed by atoms with van der Waals surface area (Å²) in [5, 5.41) is 3.02. The van der Waals surface area contributed by atoms with E-state index in [9.17, 15) is 14.4 Å². The summed E-state index contributed by atoms with van der Waals surface area (Å²) in [4.78, 5) is 43.2. The summed E-state index contributed by atoms with van der Waals surface area (Å²) in [7, 11) is 0. The van der Waals surface area contributed by atoms with Crippen LogP contribution in [0, 0.1) is 0 Å². The molecule has 2 aromatic rings. The first kappa shape index (κ1) is 21.2. The van der Waals surface area contributed by atoms with E-state index in [4.69, 9.17) is 0 Å². The second kappa shape index (κ2) is 9.86. The zero-order valence-electron chi connectivity index (χ0n) is 17.8. The Morgan fingerprint density at radius 3 is 2.48 bits per heavy atom. The summed E-state index contributed by atoms with van der Waals surface area (Å²) in [6, 6.07) is 9.54. The van der Waals surface area contributed by atoms with Gasteiger partial charge < -0.3 is 10.2 Å². The third kappa shape index (κ3) is 5.37. The van der Waals surface area contributed by atoms with Crippen molar-refractivity contribution < 1.29 is 14.4 Å². The molecule has 0 unspecified atom stereocenters. The summed E-state index contributed by atoms with van der Waals surface area (Å²) < 4.78 is 0. The zero-order valence-corrected chi connectivity index (χ0v) is 17.8. The molecular weight excluding hydrogens is 390 g/mol. The van der Waals surface area contributed by atoms with Crippen molar-refractivity contribution in [2.75, 3.05) is 13.1 Å². The van der Waals surface area contributed by atoms with E-state index in [1.807, 2.05) is 17.0 Å². The normalized spacial score (nSPS) is 16.5. The Kier molecular flexibility index (Phi) is 6.75. The molecule has 2 amide bonds. The number of benzene rings is 1. The topological polar surface area (TPSA) is 79.4 Å². The standard InChI is InChI=1S/C25H29N3O3/c29-23(20-8-7-18-4-1-2-5-19(18)16-20)9-10-24(30)28-14-11-22(12-15-28)27-25(31)21-6-3-13-26-17-21/h3,6-8,13,16-17,22H,1-2,4-5,9-12,14-15H2,(H,27,31). The van der Waals surface area contributed by atoms with Crippen molar-refractivity contribution in [2.24, 2.45) is 0 Å². The average molecular weight is 420 g/mol. The number of rotatable bonds is 6. The van der Waals surface area contributed by atoms with E-state index in [1.165, 1.54) is 24.0 Å². The summed E-state index contributed by atoms with van der Waals surface area (Å²) in [5.41, 5.74) is 3.92. The lowest BCUT2D eigenvalue weighted by Gasteiger charge is -2.32. The first-order chi connectivity index (χ1) is 15.1. The number of nitrogens with zero attached hydrogens (tertiary/aromatic N) is 2. The van der Waals surface area contributed by atoms with Crippen LogP contribution < -0.4 is 5.32 Å². The molecule has 1 aliphatic carbocycles. The monoisotopic (exact) mass is 419 g/mol. The fourth-order valence-electron chi connectivity index (χ4n) is 4.47. The molecule has 2 aliphatic rings. The van der Waals surface area contributed by atoms with Gasteiger partial charge in [0.2, 0.25) is 5.91 Å². The number of piperidine rings is 1. The summed E-state index contributed by atoms with van der Waals surface area (Å²) in [5.74, 6) is -0.0720. The van der Waals surface area contributed by atoms with Gasteiger partial charge in [0.15, 0.2) is 5.78 Å². The minimum Gasteiger partial charge on any atom is -0.349 e. The maximum absolute atomic E-state index is 12.6. The van der Waals surface area contributed by atoms with Gasteiger partial charge in [-0.15, -0.1) is 0 Å². The van der Waals surface area contributed by atoms with E-state index in [0.29, 0.717) is 18.7 Å². The molecule has 6 heteroatoms. The molecule has 0 spiro atoms. The van der Waals surface area contributed by atoms with Crippen LogP contribution in [0.5, 0.6) is 0 Å². The van der Waals surface area contributed by atoms with Crippen molar-refractivity contribution in [1.82, 2.24) is 15.2 Å². The highest BCUT2D eigenvalue weighted by Gasteiger charge is 2.24. The lowest BCUT2D eigenvalue weighted by molar-refractivity contribution is -0.132. The number of hydrogen-bond donors (Lipinski definition) is 1. The number of aromatic nitrogens is 1. The molecule has 1 N–H and O–H groups in total. The molecular formula is C25H29N3O3. The minimum absolute atomic E-state index is 0.0170. The largest absolute Gasteiger partial charge is 0.349 e. The van der Waals surface area contributed by atoms with Gasteiger partial charge >= 0.3 is 0 Å². The van der Waals surface area contributed by atoms with Crippen molar-refractivity contribution >= 4 is 17.6 Å². The predicted molar refractivity (Wildman–Crippen MR) is 118 cm³/mol. The van der Waals surface area contributed by atoms with Gasteiger partial charge in [0, 0.05) is 49.9 Å². The molecule has 1 fully saturated rings. The van der Waals surface area contributed by atoms with Crippen LogP contribution >= 0.6 is 0 Å². The zero-order chi connectivity index (χ0) is 21.6.